The SMILES string of the molecule is CCOC(=O)C1=CC2(CCC1S(=O)(=O)Nc1ccc(F)cc1Cl)S(=O)(=O)CCS2(=O)=O. The second-order valence-electron chi connectivity index (χ2n) is 7.07. The number of sulfonamides is 1. The van der Waals surface area contributed by atoms with E-state index in [1.807, 2.05) is 0 Å². The van der Waals surface area contributed by atoms with Gasteiger partial charge in [-0.15, -0.1) is 0 Å². The van der Waals surface area contributed by atoms with Crippen LogP contribution in [-0.4, -0.2) is 58.7 Å². The first-order chi connectivity index (χ1) is 14.3. The molecule has 3 rings (SSSR count). The minimum absolute atomic E-state index is 0.146. The highest BCUT2D eigenvalue weighted by atomic mass is 35.5. The van der Waals surface area contributed by atoms with E-state index < -0.39 is 80.7 Å². The van der Waals surface area contributed by atoms with Gasteiger partial charge in [-0.25, -0.2) is 34.4 Å². The van der Waals surface area contributed by atoms with Crippen molar-refractivity contribution in [2.75, 3.05) is 22.8 Å². The molecule has 1 atom stereocenters. The van der Waals surface area contributed by atoms with Crippen LogP contribution in [0, 0.1) is 5.82 Å². The zero-order valence-corrected chi connectivity index (χ0v) is 19.4. The Kier molecular flexibility index (Phi) is 6.19. The van der Waals surface area contributed by atoms with Crippen LogP contribution in [0.5, 0.6) is 0 Å². The molecule has 14 heteroatoms. The molecule has 0 bridgehead atoms. The second kappa shape index (κ2) is 8.01. The fourth-order valence-electron chi connectivity index (χ4n) is 3.66. The van der Waals surface area contributed by atoms with E-state index in [1.54, 1.807) is 0 Å². The molecule has 2 aliphatic rings. The summed E-state index contributed by atoms with van der Waals surface area (Å²) in [5, 5.41) is -1.84. The fourth-order valence-corrected chi connectivity index (χ4v) is 11.5. The maximum atomic E-state index is 13.3. The van der Waals surface area contributed by atoms with Crippen molar-refractivity contribution in [2.45, 2.75) is 29.1 Å². The Bertz CT molecular complexity index is 1240. The molecule has 172 valence electrons. The number of anilines is 1. The number of nitrogens with one attached hydrogen (secondary N) is 1. The number of halogens is 2. The van der Waals surface area contributed by atoms with Crippen LogP contribution in [0.15, 0.2) is 29.8 Å². The maximum Gasteiger partial charge on any atom is 0.335 e. The van der Waals surface area contributed by atoms with E-state index in [0.29, 0.717) is 6.08 Å². The summed E-state index contributed by atoms with van der Waals surface area (Å²) in [6.07, 6.45) is -0.303. The summed E-state index contributed by atoms with van der Waals surface area (Å²) in [5.74, 6) is -3.08. The van der Waals surface area contributed by atoms with Gasteiger partial charge in [0, 0.05) is 0 Å². The largest absolute Gasteiger partial charge is 0.463 e. The van der Waals surface area contributed by atoms with Crippen molar-refractivity contribution in [1.82, 2.24) is 0 Å². The van der Waals surface area contributed by atoms with Crippen molar-refractivity contribution in [3.63, 3.8) is 0 Å². The van der Waals surface area contributed by atoms with E-state index in [4.69, 9.17) is 16.3 Å². The highest BCUT2D eigenvalue weighted by Crippen LogP contribution is 2.45. The van der Waals surface area contributed by atoms with Gasteiger partial charge in [-0.05, 0) is 44.0 Å². The van der Waals surface area contributed by atoms with Crippen LogP contribution in [-0.2, 0) is 39.2 Å². The lowest BCUT2D eigenvalue weighted by atomic mass is 9.98. The average molecular weight is 516 g/mol. The van der Waals surface area contributed by atoms with Crippen molar-refractivity contribution in [3.05, 3.63) is 40.7 Å². The molecule has 1 aromatic rings. The van der Waals surface area contributed by atoms with Gasteiger partial charge < -0.3 is 4.74 Å². The van der Waals surface area contributed by atoms with E-state index in [1.165, 1.54) is 6.92 Å². The monoisotopic (exact) mass is 515 g/mol. The summed E-state index contributed by atoms with van der Waals surface area (Å²) in [5.41, 5.74) is -0.749. The van der Waals surface area contributed by atoms with Gasteiger partial charge in [0.2, 0.25) is 10.0 Å². The number of esters is 1. The van der Waals surface area contributed by atoms with E-state index >= 15 is 0 Å². The highest BCUT2D eigenvalue weighted by molar-refractivity contribution is 8.13. The topological polar surface area (TPSA) is 141 Å². The molecule has 0 radical (unpaired) electrons. The molecule has 1 heterocycles. The Labute approximate surface area is 184 Å². The number of benzene rings is 1. The van der Waals surface area contributed by atoms with Crippen LogP contribution in [0.25, 0.3) is 0 Å². The molecule has 1 N–H and O–H groups in total. The first-order valence-corrected chi connectivity index (χ1v) is 14.3. The number of ether oxygens (including phenoxy) is 1. The smallest absolute Gasteiger partial charge is 0.335 e. The van der Waals surface area contributed by atoms with Crippen molar-refractivity contribution < 1.29 is 39.2 Å². The average Bonchev–Trinajstić information content (AvgIpc) is 2.84. The fraction of sp³-hybridized carbons (Fsp3) is 0.471. The van der Waals surface area contributed by atoms with Crippen LogP contribution in [0.3, 0.4) is 0 Å². The summed E-state index contributed by atoms with van der Waals surface area (Å²) in [4.78, 5) is 12.5. The number of carbonyl (C=O) groups excluding carboxylic acids is 1. The number of rotatable bonds is 5. The maximum absolute atomic E-state index is 13.3. The number of hydrogen-bond acceptors (Lipinski definition) is 8. The third-order valence-electron chi connectivity index (χ3n) is 5.22. The van der Waals surface area contributed by atoms with Crippen molar-refractivity contribution in [1.29, 1.82) is 0 Å². The molecule has 9 nitrogen and oxygen atoms in total. The van der Waals surface area contributed by atoms with Gasteiger partial charge in [0.1, 0.15) is 11.1 Å². The van der Waals surface area contributed by atoms with E-state index in [9.17, 15) is 34.4 Å². The molecular formula is C17H19ClFNO8S3. The third kappa shape index (κ3) is 4.08. The zero-order chi connectivity index (χ0) is 23.2. The molecule has 0 amide bonds. The molecule has 1 aliphatic heterocycles. The lowest BCUT2D eigenvalue weighted by Crippen LogP contribution is -2.47. The molecule has 31 heavy (non-hydrogen) atoms. The third-order valence-corrected chi connectivity index (χ3v) is 13.3. The summed E-state index contributed by atoms with van der Waals surface area (Å²) in [6, 6.07) is 2.94. The van der Waals surface area contributed by atoms with Crippen LogP contribution < -0.4 is 4.72 Å². The molecule has 1 aromatic carbocycles. The minimum Gasteiger partial charge on any atom is -0.463 e. The molecule has 1 spiro atoms. The minimum atomic E-state index is -4.42. The number of carbonyl (C=O) groups is 1. The first-order valence-electron chi connectivity index (χ1n) is 9.07. The standard InChI is InChI=1S/C17H19ClFNO8S3/c1-2-28-16(21)12-10-17(29(22,23)7-8-30(17,24)25)6-5-15(12)31(26,27)20-14-4-3-11(19)9-13(14)18/h3-4,9-10,15,20H,2,5-8H2,1H3. The van der Waals surface area contributed by atoms with E-state index in [2.05, 4.69) is 4.72 Å². The Morgan fingerprint density at radius 1 is 1.26 bits per heavy atom. The molecule has 1 saturated heterocycles. The zero-order valence-electron chi connectivity index (χ0n) is 16.2. The van der Waals surface area contributed by atoms with Crippen molar-refractivity contribution in [2.24, 2.45) is 0 Å². The van der Waals surface area contributed by atoms with Gasteiger partial charge in [-0.2, -0.15) is 0 Å². The molecule has 0 saturated carbocycles. The normalized spacial score (nSPS) is 23.8. The summed E-state index contributed by atoms with van der Waals surface area (Å²) < 4.78 is 94.4. The van der Waals surface area contributed by atoms with E-state index in [0.717, 1.165) is 18.2 Å². The van der Waals surface area contributed by atoms with Gasteiger partial charge in [-0.1, -0.05) is 11.6 Å². The molecule has 1 unspecified atom stereocenters. The Balaban J connectivity index is 2.11. The second-order valence-corrected chi connectivity index (χ2v) is 14.3. The summed E-state index contributed by atoms with van der Waals surface area (Å²) in [7, 11) is -12.8. The molecule has 1 fully saturated rings. The van der Waals surface area contributed by atoms with Crippen LogP contribution in [0.2, 0.25) is 5.02 Å². The Morgan fingerprint density at radius 3 is 2.42 bits per heavy atom. The Morgan fingerprint density at radius 2 is 1.87 bits per heavy atom. The van der Waals surface area contributed by atoms with Crippen LogP contribution in [0.1, 0.15) is 19.8 Å². The van der Waals surface area contributed by atoms with Crippen LogP contribution >= 0.6 is 11.6 Å². The van der Waals surface area contributed by atoms with Crippen molar-refractivity contribution in [3.8, 4) is 0 Å². The number of sulfone groups is 2. The van der Waals surface area contributed by atoms with Crippen LogP contribution in [0.4, 0.5) is 10.1 Å². The molecule has 0 aromatic heterocycles. The Hall–Kier alpha value is -1.70. The first kappa shape index (κ1) is 24.0. The van der Waals surface area contributed by atoms with E-state index in [-0.39, 0.29) is 17.3 Å². The lowest BCUT2D eigenvalue weighted by molar-refractivity contribution is -0.138. The van der Waals surface area contributed by atoms with Gasteiger partial charge in [0.25, 0.3) is 0 Å². The highest BCUT2D eigenvalue weighted by Gasteiger charge is 2.61. The summed E-state index contributed by atoms with van der Waals surface area (Å²) >= 11 is 5.86. The predicted molar refractivity (Wildman–Crippen MR) is 112 cm³/mol. The predicted octanol–water partition coefficient (Wildman–Crippen LogP) is 1.41. The lowest BCUT2D eigenvalue weighted by Gasteiger charge is -2.33. The quantitative estimate of drug-likeness (QED) is 0.580. The summed E-state index contributed by atoms with van der Waals surface area (Å²) in [6.45, 7) is 1.31. The van der Waals surface area contributed by atoms with Gasteiger partial charge in [-0.3, -0.25) is 4.72 Å². The van der Waals surface area contributed by atoms with Crippen molar-refractivity contribution >= 4 is 53.0 Å². The molecular weight excluding hydrogens is 497 g/mol. The molecule has 1 aliphatic carbocycles. The number of hydrogen-bond donors (Lipinski definition) is 1. The van der Waals surface area contributed by atoms with Gasteiger partial charge in [0.05, 0.1) is 34.4 Å². The van der Waals surface area contributed by atoms with Gasteiger partial charge >= 0.3 is 5.97 Å². The van der Waals surface area contributed by atoms with Gasteiger partial charge in [0.15, 0.2) is 23.8 Å².